The van der Waals surface area contributed by atoms with Gasteiger partial charge in [0, 0.05) is 39.3 Å². The van der Waals surface area contributed by atoms with E-state index in [1.807, 2.05) is 12.1 Å². The van der Waals surface area contributed by atoms with Gasteiger partial charge in [-0.25, -0.2) is 0 Å². The Morgan fingerprint density at radius 1 is 1.21 bits per heavy atom. The molecule has 3 rings (SSSR count). The van der Waals surface area contributed by atoms with Crippen molar-refractivity contribution in [3.8, 4) is 5.75 Å². The SMILES string of the molecule is CN=C(NCCN1CCCCC1)NC1CCN(c2ccccc2OC(F)F)C1. The average molecular weight is 395 g/mol. The maximum Gasteiger partial charge on any atom is 0.387 e. The van der Waals surface area contributed by atoms with E-state index in [0.717, 1.165) is 38.6 Å². The van der Waals surface area contributed by atoms with E-state index in [1.165, 1.54) is 32.4 Å². The number of ether oxygens (including phenoxy) is 1. The Morgan fingerprint density at radius 2 is 2.00 bits per heavy atom. The number of benzene rings is 1. The number of nitrogens with zero attached hydrogens (tertiary/aromatic N) is 3. The number of aliphatic imine (C=N–C) groups is 1. The molecule has 2 aliphatic heterocycles. The highest BCUT2D eigenvalue weighted by atomic mass is 19.3. The zero-order valence-corrected chi connectivity index (χ0v) is 16.5. The van der Waals surface area contributed by atoms with Crippen LogP contribution in [0.15, 0.2) is 29.3 Å². The minimum Gasteiger partial charge on any atom is -0.433 e. The van der Waals surface area contributed by atoms with E-state index >= 15 is 0 Å². The molecule has 0 spiro atoms. The second kappa shape index (κ2) is 10.5. The number of alkyl halides is 2. The Hall–Kier alpha value is -2.09. The zero-order valence-electron chi connectivity index (χ0n) is 16.5. The molecule has 2 aliphatic rings. The van der Waals surface area contributed by atoms with Crippen LogP contribution in [0.3, 0.4) is 0 Å². The van der Waals surface area contributed by atoms with Crippen LogP contribution in [0.5, 0.6) is 5.75 Å². The number of halogens is 2. The summed E-state index contributed by atoms with van der Waals surface area (Å²) in [6, 6.07) is 7.17. The Kier molecular flexibility index (Phi) is 7.71. The third kappa shape index (κ3) is 5.95. The topological polar surface area (TPSA) is 52.1 Å². The summed E-state index contributed by atoms with van der Waals surface area (Å²) >= 11 is 0. The van der Waals surface area contributed by atoms with Crippen molar-refractivity contribution in [1.29, 1.82) is 0 Å². The minimum absolute atomic E-state index is 0.209. The maximum absolute atomic E-state index is 12.7. The first-order valence-electron chi connectivity index (χ1n) is 10.1. The summed E-state index contributed by atoms with van der Waals surface area (Å²) in [6.07, 6.45) is 4.84. The number of guanidine groups is 1. The molecule has 1 atom stereocenters. The van der Waals surface area contributed by atoms with E-state index in [-0.39, 0.29) is 11.8 Å². The van der Waals surface area contributed by atoms with Crippen molar-refractivity contribution in [2.24, 2.45) is 4.99 Å². The predicted octanol–water partition coefficient (Wildman–Crippen LogP) is 2.52. The number of hydrogen-bond acceptors (Lipinski definition) is 4. The van der Waals surface area contributed by atoms with Gasteiger partial charge in [-0.05, 0) is 44.5 Å². The van der Waals surface area contributed by atoms with Gasteiger partial charge in [0.05, 0.1) is 5.69 Å². The second-order valence-corrected chi connectivity index (χ2v) is 7.32. The number of anilines is 1. The van der Waals surface area contributed by atoms with Crippen molar-refractivity contribution in [3.05, 3.63) is 24.3 Å². The first-order chi connectivity index (χ1) is 13.7. The predicted molar refractivity (Wildman–Crippen MR) is 108 cm³/mol. The second-order valence-electron chi connectivity index (χ2n) is 7.32. The molecule has 1 aromatic rings. The van der Waals surface area contributed by atoms with Crippen LogP contribution < -0.4 is 20.3 Å². The number of rotatable bonds is 7. The van der Waals surface area contributed by atoms with Crippen molar-refractivity contribution < 1.29 is 13.5 Å². The smallest absolute Gasteiger partial charge is 0.387 e. The largest absolute Gasteiger partial charge is 0.433 e. The van der Waals surface area contributed by atoms with E-state index in [4.69, 9.17) is 0 Å². The van der Waals surface area contributed by atoms with Gasteiger partial charge >= 0.3 is 6.61 Å². The molecular formula is C20H31F2N5O. The highest BCUT2D eigenvalue weighted by Crippen LogP contribution is 2.31. The van der Waals surface area contributed by atoms with Crippen LogP contribution in [-0.2, 0) is 0 Å². The monoisotopic (exact) mass is 395 g/mol. The molecule has 1 aromatic carbocycles. The molecule has 1 unspecified atom stereocenters. The molecule has 0 bridgehead atoms. The number of para-hydroxylation sites is 2. The molecule has 8 heteroatoms. The van der Waals surface area contributed by atoms with Crippen LogP contribution in [-0.4, -0.2) is 69.8 Å². The lowest BCUT2D eigenvalue weighted by Crippen LogP contribution is -2.47. The Bertz CT molecular complexity index is 637. The van der Waals surface area contributed by atoms with Crippen molar-refractivity contribution in [1.82, 2.24) is 15.5 Å². The summed E-state index contributed by atoms with van der Waals surface area (Å²) < 4.78 is 30.0. The Morgan fingerprint density at radius 3 is 2.75 bits per heavy atom. The molecule has 0 aromatic heterocycles. The van der Waals surface area contributed by atoms with E-state index in [1.54, 1.807) is 19.2 Å². The first kappa shape index (κ1) is 20.6. The number of nitrogens with one attached hydrogen (secondary N) is 2. The Balaban J connectivity index is 1.47. The normalized spacial score (nSPS) is 21.2. The lowest BCUT2D eigenvalue weighted by atomic mass is 10.1. The van der Waals surface area contributed by atoms with Crippen molar-refractivity contribution in [2.75, 3.05) is 51.2 Å². The molecule has 2 heterocycles. The summed E-state index contributed by atoms with van der Waals surface area (Å²) in [7, 11) is 1.77. The van der Waals surface area contributed by atoms with Gasteiger partial charge in [0.1, 0.15) is 5.75 Å². The zero-order chi connectivity index (χ0) is 19.8. The van der Waals surface area contributed by atoms with Crippen molar-refractivity contribution in [3.63, 3.8) is 0 Å². The molecule has 0 aliphatic carbocycles. The maximum atomic E-state index is 12.7. The van der Waals surface area contributed by atoms with Gasteiger partial charge < -0.3 is 25.2 Å². The molecule has 2 saturated heterocycles. The van der Waals surface area contributed by atoms with Gasteiger partial charge in [-0.2, -0.15) is 8.78 Å². The fourth-order valence-corrected chi connectivity index (χ4v) is 3.91. The quantitative estimate of drug-likeness (QED) is 0.549. The van der Waals surface area contributed by atoms with Gasteiger partial charge in [-0.15, -0.1) is 0 Å². The van der Waals surface area contributed by atoms with Gasteiger partial charge in [0.25, 0.3) is 0 Å². The summed E-state index contributed by atoms with van der Waals surface area (Å²) in [5.41, 5.74) is 0.708. The van der Waals surface area contributed by atoms with Crippen LogP contribution in [0, 0.1) is 0 Å². The van der Waals surface area contributed by atoms with Gasteiger partial charge in [-0.1, -0.05) is 18.6 Å². The Labute approximate surface area is 165 Å². The molecule has 156 valence electrons. The molecule has 0 amide bonds. The van der Waals surface area contributed by atoms with Gasteiger partial charge in [0.2, 0.25) is 0 Å². The number of piperidine rings is 1. The van der Waals surface area contributed by atoms with Crippen molar-refractivity contribution >= 4 is 11.6 Å². The highest BCUT2D eigenvalue weighted by molar-refractivity contribution is 5.80. The lowest BCUT2D eigenvalue weighted by molar-refractivity contribution is -0.0495. The van der Waals surface area contributed by atoms with Gasteiger partial charge in [0.15, 0.2) is 5.96 Å². The van der Waals surface area contributed by atoms with E-state index < -0.39 is 6.61 Å². The number of hydrogen-bond donors (Lipinski definition) is 2. The lowest BCUT2D eigenvalue weighted by Gasteiger charge is -2.27. The molecule has 0 saturated carbocycles. The molecule has 2 fully saturated rings. The van der Waals surface area contributed by atoms with E-state index in [9.17, 15) is 8.78 Å². The number of likely N-dealkylation sites (tertiary alicyclic amines) is 1. The summed E-state index contributed by atoms with van der Waals surface area (Å²) in [5, 5.41) is 6.84. The first-order valence-corrected chi connectivity index (χ1v) is 10.1. The summed E-state index contributed by atoms with van der Waals surface area (Å²) in [6.45, 7) is 2.94. The summed E-state index contributed by atoms with van der Waals surface area (Å²) in [5.74, 6) is 1.02. The third-order valence-electron chi connectivity index (χ3n) is 5.34. The minimum atomic E-state index is -2.82. The van der Waals surface area contributed by atoms with Crippen LogP contribution in [0.4, 0.5) is 14.5 Å². The molecule has 28 heavy (non-hydrogen) atoms. The summed E-state index contributed by atoms with van der Waals surface area (Å²) in [4.78, 5) is 8.89. The van der Waals surface area contributed by atoms with Crippen LogP contribution in [0.1, 0.15) is 25.7 Å². The fraction of sp³-hybridized carbons (Fsp3) is 0.650. The average Bonchev–Trinajstić information content (AvgIpc) is 3.16. The van der Waals surface area contributed by atoms with E-state index in [0.29, 0.717) is 5.69 Å². The van der Waals surface area contributed by atoms with Crippen LogP contribution in [0.25, 0.3) is 0 Å². The van der Waals surface area contributed by atoms with Crippen molar-refractivity contribution in [2.45, 2.75) is 38.3 Å². The molecular weight excluding hydrogens is 364 g/mol. The van der Waals surface area contributed by atoms with Crippen LogP contribution >= 0.6 is 0 Å². The fourth-order valence-electron chi connectivity index (χ4n) is 3.91. The van der Waals surface area contributed by atoms with E-state index in [2.05, 4.69) is 30.2 Å². The third-order valence-corrected chi connectivity index (χ3v) is 5.34. The molecule has 0 radical (unpaired) electrons. The van der Waals surface area contributed by atoms with Gasteiger partial charge in [-0.3, -0.25) is 4.99 Å². The standard InChI is InChI=1S/C20H31F2N5O/c1-23-20(24-10-14-26-11-5-2-6-12-26)25-16-9-13-27(15-16)17-7-3-4-8-18(17)28-19(21)22/h3-4,7-8,16,19H,2,5-6,9-15H2,1H3,(H2,23,24,25). The molecule has 6 nitrogen and oxygen atoms in total. The van der Waals surface area contributed by atoms with Crippen LogP contribution in [0.2, 0.25) is 0 Å². The highest BCUT2D eigenvalue weighted by Gasteiger charge is 2.26. The molecule has 2 N–H and O–H groups in total.